The average molecular weight is 297 g/mol. The fourth-order valence-corrected chi connectivity index (χ4v) is 1.92. The molecule has 0 heterocycles. The molecule has 2 aromatic carbocycles. The van der Waals surface area contributed by atoms with Gasteiger partial charge in [0.2, 0.25) is 0 Å². The second kappa shape index (κ2) is 5.82. The van der Waals surface area contributed by atoms with E-state index in [9.17, 15) is 4.79 Å². The number of amides is 2. The molecule has 0 fully saturated rings. The van der Waals surface area contributed by atoms with Crippen LogP contribution in [0.15, 0.2) is 42.5 Å². The molecule has 0 aromatic heterocycles. The number of anilines is 1. The Morgan fingerprint density at radius 2 is 1.84 bits per heavy atom. The molecule has 0 atom stereocenters. The number of nitrogens with two attached hydrogens (primary N) is 1. The molecule has 6 heteroatoms. The number of carbonyl (C=O) groups excluding carboxylic acids is 1. The van der Waals surface area contributed by atoms with E-state index in [-0.39, 0.29) is 0 Å². The molecule has 2 aromatic rings. The summed E-state index contributed by atoms with van der Waals surface area (Å²) in [6, 6.07) is 11.1. The quantitative estimate of drug-likeness (QED) is 0.888. The van der Waals surface area contributed by atoms with Gasteiger partial charge in [0, 0.05) is 5.02 Å². The molecule has 2 rings (SSSR count). The number of urea groups is 1. The van der Waals surface area contributed by atoms with Gasteiger partial charge in [-0.05, 0) is 30.3 Å². The minimum absolute atomic E-state index is 0.376. The van der Waals surface area contributed by atoms with Crippen molar-refractivity contribution in [1.29, 1.82) is 0 Å². The fourth-order valence-electron chi connectivity index (χ4n) is 1.47. The molecule has 19 heavy (non-hydrogen) atoms. The molecule has 0 unspecified atom stereocenters. The highest BCUT2D eigenvalue weighted by Crippen LogP contribution is 2.34. The van der Waals surface area contributed by atoms with Crippen LogP contribution in [0.25, 0.3) is 0 Å². The van der Waals surface area contributed by atoms with Crippen LogP contribution in [-0.4, -0.2) is 6.03 Å². The van der Waals surface area contributed by atoms with Crippen molar-refractivity contribution in [3.8, 4) is 11.5 Å². The molecule has 0 saturated heterocycles. The summed E-state index contributed by atoms with van der Waals surface area (Å²) in [5, 5.41) is 3.36. The Morgan fingerprint density at radius 1 is 1.11 bits per heavy atom. The Balaban J connectivity index is 2.30. The van der Waals surface area contributed by atoms with Crippen molar-refractivity contribution < 1.29 is 9.53 Å². The molecular formula is C13H10Cl2N2O2. The Morgan fingerprint density at radius 3 is 2.53 bits per heavy atom. The summed E-state index contributed by atoms with van der Waals surface area (Å²) in [6.07, 6.45) is 0. The van der Waals surface area contributed by atoms with Gasteiger partial charge >= 0.3 is 6.03 Å². The second-order valence-corrected chi connectivity index (χ2v) is 4.51. The summed E-state index contributed by atoms with van der Waals surface area (Å²) in [7, 11) is 0. The van der Waals surface area contributed by atoms with E-state index in [0.29, 0.717) is 27.2 Å². The van der Waals surface area contributed by atoms with Crippen LogP contribution in [-0.2, 0) is 0 Å². The maximum Gasteiger partial charge on any atom is 0.316 e. The molecule has 0 aliphatic rings. The van der Waals surface area contributed by atoms with E-state index < -0.39 is 6.03 Å². The molecule has 0 aliphatic carbocycles. The van der Waals surface area contributed by atoms with Crippen LogP contribution in [0.1, 0.15) is 0 Å². The predicted molar refractivity (Wildman–Crippen MR) is 76.2 cm³/mol. The molecule has 98 valence electrons. The van der Waals surface area contributed by atoms with Crippen molar-refractivity contribution in [2.75, 3.05) is 5.32 Å². The molecule has 0 saturated carbocycles. The zero-order valence-corrected chi connectivity index (χ0v) is 11.2. The SMILES string of the molecule is NC(=O)Nc1ccccc1Oc1ccc(Cl)cc1Cl. The molecule has 2 amide bonds. The maximum atomic E-state index is 10.9. The average Bonchev–Trinajstić information content (AvgIpc) is 2.34. The lowest BCUT2D eigenvalue weighted by molar-refractivity contribution is 0.259. The van der Waals surface area contributed by atoms with Crippen LogP contribution in [0.4, 0.5) is 10.5 Å². The standard InChI is InChI=1S/C13H10Cl2N2O2/c14-8-5-6-11(9(15)7-8)19-12-4-2-1-3-10(12)17-13(16)18/h1-7H,(H3,16,17,18). The first-order valence-corrected chi connectivity index (χ1v) is 6.10. The van der Waals surface area contributed by atoms with E-state index in [0.717, 1.165) is 0 Å². The van der Waals surface area contributed by atoms with Gasteiger partial charge < -0.3 is 15.8 Å². The monoisotopic (exact) mass is 296 g/mol. The van der Waals surface area contributed by atoms with Gasteiger partial charge in [-0.2, -0.15) is 0 Å². The fraction of sp³-hybridized carbons (Fsp3) is 0. The number of benzene rings is 2. The second-order valence-electron chi connectivity index (χ2n) is 3.66. The number of nitrogens with one attached hydrogen (secondary N) is 1. The van der Waals surface area contributed by atoms with Crippen molar-refractivity contribution in [3.63, 3.8) is 0 Å². The molecule has 0 bridgehead atoms. The predicted octanol–water partition coefficient (Wildman–Crippen LogP) is 4.28. The minimum atomic E-state index is -0.668. The van der Waals surface area contributed by atoms with Crippen LogP contribution in [0.3, 0.4) is 0 Å². The van der Waals surface area contributed by atoms with E-state index in [1.807, 2.05) is 0 Å². The zero-order valence-electron chi connectivity index (χ0n) is 9.69. The number of hydrogen-bond donors (Lipinski definition) is 2. The van der Waals surface area contributed by atoms with E-state index in [1.165, 1.54) is 0 Å². The van der Waals surface area contributed by atoms with Gasteiger partial charge in [-0.15, -0.1) is 0 Å². The number of primary amides is 1. The third-order valence-electron chi connectivity index (χ3n) is 2.26. The van der Waals surface area contributed by atoms with E-state index in [1.54, 1.807) is 42.5 Å². The van der Waals surface area contributed by atoms with Crippen molar-refractivity contribution >= 4 is 34.9 Å². The third kappa shape index (κ3) is 3.53. The van der Waals surface area contributed by atoms with Gasteiger partial charge in [-0.3, -0.25) is 0 Å². The molecular weight excluding hydrogens is 287 g/mol. The molecule has 0 radical (unpaired) electrons. The number of para-hydroxylation sites is 2. The number of carbonyl (C=O) groups is 1. The van der Waals surface area contributed by atoms with Crippen LogP contribution >= 0.6 is 23.2 Å². The lowest BCUT2D eigenvalue weighted by Crippen LogP contribution is -2.19. The molecule has 3 N–H and O–H groups in total. The van der Waals surface area contributed by atoms with Crippen LogP contribution in [0.2, 0.25) is 10.0 Å². The summed E-state index contributed by atoms with van der Waals surface area (Å²) in [5.74, 6) is 0.871. The largest absolute Gasteiger partial charge is 0.454 e. The summed E-state index contributed by atoms with van der Waals surface area (Å²) in [4.78, 5) is 10.9. The maximum absolute atomic E-state index is 10.9. The van der Waals surface area contributed by atoms with Crippen molar-refractivity contribution in [2.24, 2.45) is 5.73 Å². The van der Waals surface area contributed by atoms with Crippen LogP contribution < -0.4 is 15.8 Å². The van der Waals surface area contributed by atoms with Gasteiger partial charge in [0.1, 0.15) is 5.75 Å². The lowest BCUT2D eigenvalue weighted by atomic mass is 10.3. The third-order valence-corrected chi connectivity index (χ3v) is 2.79. The highest BCUT2D eigenvalue weighted by Gasteiger charge is 2.08. The summed E-state index contributed by atoms with van der Waals surface area (Å²) < 4.78 is 5.64. The lowest BCUT2D eigenvalue weighted by Gasteiger charge is -2.12. The summed E-state index contributed by atoms with van der Waals surface area (Å²) in [5.41, 5.74) is 5.55. The van der Waals surface area contributed by atoms with E-state index in [4.69, 9.17) is 33.7 Å². The van der Waals surface area contributed by atoms with Gasteiger partial charge in [0.15, 0.2) is 5.75 Å². The summed E-state index contributed by atoms with van der Waals surface area (Å²) in [6.45, 7) is 0. The van der Waals surface area contributed by atoms with E-state index in [2.05, 4.69) is 5.32 Å². The van der Waals surface area contributed by atoms with Gasteiger partial charge in [-0.25, -0.2) is 4.79 Å². The topological polar surface area (TPSA) is 64.4 Å². The Labute approximate surface area is 120 Å². The highest BCUT2D eigenvalue weighted by atomic mass is 35.5. The van der Waals surface area contributed by atoms with Gasteiger partial charge in [0.25, 0.3) is 0 Å². The minimum Gasteiger partial charge on any atom is -0.454 e. The number of hydrogen-bond acceptors (Lipinski definition) is 2. The normalized spacial score (nSPS) is 10.0. The van der Waals surface area contributed by atoms with Gasteiger partial charge in [0.05, 0.1) is 10.7 Å². The van der Waals surface area contributed by atoms with Crippen molar-refractivity contribution in [3.05, 3.63) is 52.5 Å². The Kier molecular flexibility index (Phi) is 4.14. The zero-order chi connectivity index (χ0) is 13.8. The first-order valence-electron chi connectivity index (χ1n) is 5.34. The number of rotatable bonds is 3. The van der Waals surface area contributed by atoms with Crippen LogP contribution in [0, 0.1) is 0 Å². The molecule has 0 aliphatic heterocycles. The number of ether oxygens (including phenoxy) is 1. The van der Waals surface area contributed by atoms with Gasteiger partial charge in [-0.1, -0.05) is 35.3 Å². The van der Waals surface area contributed by atoms with Crippen LogP contribution in [0.5, 0.6) is 11.5 Å². The smallest absolute Gasteiger partial charge is 0.316 e. The Bertz CT molecular complexity index is 617. The van der Waals surface area contributed by atoms with Crippen molar-refractivity contribution in [1.82, 2.24) is 0 Å². The summed E-state index contributed by atoms with van der Waals surface area (Å²) >= 11 is 11.8. The molecule has 0 spiro atoms. The Hall–Kier alpha value is -1.91. The first-order chi connectivity index (χ1) is 9.06. The number of halogens is 2. The highest BCUT2D eigenvalue weighted by molar-refractivity contribution is 6.35. The molecule has 4 nitrogen and oxygen atoms in total. The van der Waals surface area contributed by atoms with E-state index >= 15 is 0 Å². The first kappa shape index (κ1) is 13.5. The van der Waals surface area contributed by atoms with Crippen molar-refractivity contribution in [2.45, 2.75) is 0 Å².